The number of hydrogen-bond donors (Lipinski definition) is 0. The molecule has 1 atom stereocenters. The molecule has 132 valence electrons. The lowest BCUT2D eigenvalue weighted by Gasteiger charge is -2.40. The van der Waals surface area contributed by atoms with Gasteiger partial charge in [-0.3, -0.25) is 4.79 Å². The SMILES string of the molecule is CN1C(=O)c2ccccc2N(C)[C@@H]1c1cn(Cc2ccc(Cl)cc2)nn1. The van der Waals surface area contributed by atoms with Crippen LogP contribution in [0.15, 0.2) is 54.7 Å². The summed E-state index contributed by atoms with van der Waals surface area (Å²) in [5.74, 6) is -0.0176. The summed E-state index contributed by atoms with van der Waals surface area (Å²) in [6.07, 6.45) is 1.59. The number of para-hydroxylation sites is 1. The summed E-state index contributed by atoms with van der Waals surface area (Å²) < 4.78 is 1.77. The molecule has 1 aliphatic heterocycles. The van der Waals surface area contributed by atoms with E-state index in [1.165, 1.54) is 0 Å². The van der Waals surface area contributed by atoms with Crippen LogP contribution in [0.3, 0.4) is 0 Å². The van der Waals surface area contributed by atoms with Gasteiger partial charge in [0.1, 0.15) is 5.69 Å². The summed E-state index contributed by atoms with van der Waals surface area (Å²) in [5.41, 5.74) is 3.40. The molecule has 0 fully saturated rings. The number of rotatable bonds is 3. The Bertz CT molecular complexity index is 953. The molecule has 0 saturated carbocycles. The molecule has 1 aromatic heterocycles. The molecule has 0 spiro atoms. The zero-order valence-electron chi connectivity index (χ0n) is 14.5. The Morgan fingerprint density at radius 1 is 1.04 bits per heavy atom. The molecule has 2 heterocycles. The normalized spacial score (nSPS) is 16.7. The van der Waals surface area contributed by atoms with E-state index in [0.29, 0.717) is 17.1 Å². The Labute approximate surface area is 156 Å². The van der Waals surface area contributed by atoms with Crippen molar-refractivity contribution in [1.82, 2.24) is 19.9 Å². The number of halogens is 1. The number of fused-ring (bicyclic) bond motifs is 1. The number of anilines is 1. The van der Waals surface area contributed by atoms with Crippen LogP contribution < -0.4 is 4.90 Å². The highest BCUT2D eigenvalue weighted by atomic mass is 35.5. The van der Waals surface area contributed by atoms with Crippen LogP contribution in [0.2, 0.25) is 5.02 Å². The van der Waals surface area contributed by atoms with Crippen LogP contribution in [0.4, 0.5) is 5.69 Å². The van der Waals surface area contributed by atoms with Gasteiger partial charge in [0.05, 0.1) is 24.0 Å². The molecule has 0 radical (unpaired) electrons. The molecule has 0 N–H and O–H groups in total. The molecule has 1 aliphatic rings. The van der Waals surface area contributed by atoms with Crippen molar-refractivity contribution in [1.29, 1.82) is 0 Å². The highest BCUT2D eigenvalue weighted by Crippen LogP contribution is 2.35. The van der Waals surface area contributed by atoms with Crippen molar-refractivity contribution >= 4 is 23.2 Å². The third kappa shape index (κ3) is 2.82. The molecule has 1 amide bonds. The van der Waals surface area contributed by atoms with Gasteiger partial charge in [-0.25, -0.2) is 4.68 Å². The fourth-order valence-electron chi connectivity index (χ4n) is 3.34. The van der Waals surface area contributed by atoms with Gasteiger partial charge < -0.3 is 9.80 Å². The highest BCUT2D eigenvalue weighted by molar-refractivity contribution is 6.30. The second-order valence-electron chi connectivity index (χ2n) is 6.39. The monoisotopic (exact) mass is 367 g/mol. The van der Waals surface area contributed by atoms with Crippen LogP contribution in [0.5, 0.6) is 0 Å². The van der Waals surface area contributed by atoms with Crippen molar-refractivity contribution in [2.24, 2.45) is 0 Å². The Kier molecular flexibility index (Phi) is 4.12. The minimum atomic E-state index is -0.295. The van der Waals surface area contributed by atoms with Crippen molar-refractivity contribution in [2.75, 3.05) is 19.0 Å². The van der Waals surface area contributed by atoms with Gasteiger partial charge in [0, 0.05) is 19.1 Å². The Morgan fingerprint density at radius 3 is 2.54 bits per heavy atom. The van der Waals surface area contributed by atoms with Crippen molar-refractivity contribution in [3.8, 4) is 0 Å². The van der Waals surface area contributed by atoms with E-state index in [4.69, 9.17) is 11.6 Å². The fourth-order valence-corrected chi connectivity index (χ4v) is 3.46. The molecule has 0 bridgehead atoms. The molecule has 0 saturated heterocycles. The third-order valence-electron chi connectivity index (χ3n) is 4.65. The zero-order chi connectivity index (χ0) is 18.3. The molecule has 26 heavy (non-hydrogen) atoms. The smallest absolute Gasteiger partial charge is 0.257 e. The quantitative estimate of drug-likeness (QED) is 0.713. The first-order chi connectivity index (χ1) is 12.5. The molecule has 0 unspecified atom stereocenters. The van der Waals surface area contributed by atoms with E-state index in [9.17, 15) is 4.79 Å². The third-order valence-corrected chi connectivity index (χ3v) is 4.90. The number of nitrogens with zero attached hydrogens (tertiary/aromatic N) is 5. The van der Waals surface area contributed by atoms with Crippen LogP contribution in [-0.4, -0.2) is 39.9 Å². The zero-order valence-corrected chi connectivity index (χ0v) is 15.3. The van der Waals surface area contributed by atoms with Crippen LogP contribution in [0.25, 0.3) is 0 Å². The average molecular weight is 368 g/mol. The second-order valence-corrected chi connectivity index (χ2v) is 6.82. The van der Waals surface area contributed by atoms with E-state index >= 15 is 0 Å². The largest absolute Gasteiger partial charge is 0.348 e. The van der Waals surface area contributed by atoms with Gasteiger partial charge in [-0.05, 0) is 29.8 Å². The number of carbonyl (C=O) groups excluding carboxylic acids is 1. The van der Waals surface area contributed by atoms with Crippen molar-refractivity contribution in [2.45, 2.75) is 12.7 Å². The Balaban J connectivity index is 1.63. The molecule has 2 aromatic carbocycles. The Morgan fingerprint density at radius 2 is 1.77 bits per heavy atom. The molecular weight excluding hydrogens is 350 g/mol. The van der Waals surface area contributed by atoms with E-state index in [1.54, 1.807) is 16.6 Å². The molecule has 7 heteroatoms. The van der Waals surface area contributed by atoms with Gasteiger partial charge in [0.15, 0.2) is 6.17 Å². The van der Waals surface area contributed by atoms with Crippen LogP contribution in [0, 0.1) is 0 Å². The molecule has 4 rings (SSSR count). The van der Waals surface area contributed by atoms with Gasteiger partial charge in [-0.15, -0.1) is 5.10 Å². The first-order valence-corrected chi connectivity index (χ1v) is 8.66. The van der Waals surface area contributed by atoms with Crippen molar-refractivity contribution in [3.63, 3.8) is 0 Å². The van der Waals surface area contributed by atoms with Crippen LogP contribution in [-0.2, 0) is 6.54 Å². The predicted molar refractivity (Wildman–Crippen MR) is 100 cm³/mol. The maximum Gasteiger partial charge on any atom is 0.257 e. The fraction of sp³-hybridized carbons (Fsp3) is 0.211. The summed E-state index contributed by atoms with van der Waals surface area (Å²) in [5, 5.41) is 9.25. The van der Waals surface area contributed by atoms with E-state index in [0.717, 1.165) is 16.9 Å². The highest BCUT2D eigenvalue weighted by Gasteiger charge is 2.35. The molecule has 0 aliphatic carbocycles. The summed E-state index contributed by atoms with van der Waals surface area (Å²) >= 11 is 5.93. The topological polar surface area (TPSA) is 54.3 Å². The maximum absolute atomic E-state index is 12.7. The average Bonchev–Trinajstić information content (AvgIpc) is 3.10. The van der Waals surface area contributed by atoms with Crippen LogP contribution in [0.1, 0.15) is 27.8 Å². The maximum atomic E-state index is 12.7. The number of aromatic nitrogens is 3. The number of amides is 1. The van der Waals surface area contributed by atoms with Gasteiger partial charge in [0.2, 0.25) is 0 Å². The van der Waals surface area contributed by atoms with Gasteiger partial charge in [-0.1, -0.05) is 41.1 Å². The van der Waals surface area contributed by atoms with Gasteiger partial charge in [-0.2, -0.15) is 0 Å². The lowest BCUT2D eigenvalue weighted by molar-refractivity contribution is 0.0707. The summed E-state index contributed by atoms with van der Waals surface area (Å²) in [7, 11) is 3.75. The molecular formula is C19H18ClN5O. The first-order valence-electron chi connectivity index (χ1n) is 8.28. The van der Waals surface area contributed by atoms with Gasteiger partial charge in [0.25, 0.3) is 5.91 Å². The van der Waals surface area contributed by atoms with E-state index in [-0.39, 0.29) is 12.1 Å². The number of benzene rings is 2. The number of hydrogen-bond acceptors (Lipinski definition) is 4. The van der Waals surface area contributed by atoms with E-state index in [2.05, 4.69) is 10.3 Å². The summed E-state index contributed by atoms with van der Waals surface area (Å²) in [6.45, 7) is 0.592. The van der Waals surface area contributed by atoms with Crippen molar-refractivity contribution in [3.05, 3.63) is 76.6 Å². The van der Waals surface area contributed by atoms with E-state index < -0.39 is 0 Å². The molecule has 3 aromatic rings. The molecule has 6 nitrogen and oxygen atoms in total. The predicted octanol–water partition coefficient (Wildman–Crippen LogP) is 3.20. The summed E-state index contributed by atoms with van der Waals surface area (Å²) in [4.78, 5) is 16.4. The lowest BCUT2D eigenvalue weighted by atomic mass is 10.1. The second kappa shape index (κ2) is 6.46. The minimum absolute atomic E-state index is 0.0176. The summed E-state index contributed by atoms with van der Waals surface area (Å²) in [6, 6.07) is 15.2. The standard InChI is InChI=1S/C19H18ClN5O/c1-23-17-6-4-3-5-15(17)19(26)24(2)18(23)16-12-25(22-21-16)11-13-7-9-14(20)10-8-13/h3-10,12,18H,11H2,1-2H3/t18-/m0/s1. The first kappa shape index (κ1) is 16.6. The van der Waals surface area contributed by atoms with Gasteiger partial charge >= 0.3 is 0 Å². The van der Waals surface area contributed by atoms with Crippen molar-refractivity contribution < 1.29 is 4.79 Å². The van der Waals surface area contributed by atoms with Crippen LogP contribution >= 0.6 is 11.6 Å². The van der Waals surface area contributed by atoms with E-state index in [1.807, 2.05) is 66.7 Å². The Hall–Kier alpha value is -2.86. The lowest BCUT2D eigenvalue weighted by Crippen LogP contribution is -2.45. The number of carbonyl (C=O) groups is 1. The minimum Gasteiger partial charge on any atom is -0.348 e.